The quantitative estimate of drug-likeness (QED) is 0.585. The lowest BCUT2D eigenvalue weighted by atomic mass is 9.99. The summed E-state index contributed by atoms with van der Waals surface area (Å²) in [7, 11) is 1.61. The molecule has 3 aromatic carbocycles. The molecule has 0 spiro atoms. The van der Waals surface area contributed by atoms with Crippen molar-refractivity contribution in [3.63, 3.8) is 0 Å². The summed E-state index contributed by atoms with van der Waals surface area (Å²) in [6.45, 7) is 1.95. The number of amides is 2. The molecule has 0 bridgehead atoms. The first-order chi connectivity index (χ1) is 15.4. The Labute approximate surface area is 191 Å². The summed E-state index contributed by atoms with van der Waals surface area (Å²) in [5, 5.41) is 3.49. The van der Waals surface area contributed by atoms with Gasteiger partial charge in [-0.1, -0.05) is 41.4 Å². The van der Waals surface area contributed by atoms with E-state index < -0.39 is 12.1 Å². The fraction of sp³-hybridized carbons (Fsp3) is 0.160. The second-order valence-corrected chi connectivity index (χ2v) is 8.04. The maximum Gasteiger partial charge on any atom is 0.304 e. The zero-order valence-corrected chi connectivity index (χ0v) is 18.5. The number of ether oxygens (including phenoxy) is 1. The van der Waals surface area contributed by atoms with Gasteiger partial charge in [0, 0.05) is 21.7 Å². The number of hydrazone groups is 1. The van der Waals surface area contributed by atoms with Crippen molar-refractivity contribution < 1.29 is 19.0 Å². The predicted octanol–water partition coefficient (Wildman–Crippen LogP) is 3.67. The van der Waals surface area contributed by atoms with Gasteiger partial charge in [0.05, 0.1) is 7.11 Å². The minimum atomic E-state index is -0.792. The zero-order valence-electron chi connectivity index (χ0n) is 17.7. The molecule has 2 N–H and O–H groups in total. The highest BCUT2D eigenvalue weighted by molar-refractivity contribution is 6.30. The molecular weight excluding hydrogens is 426 g/mol. The fourth-order valence-corrected chi connectivity index (χ4v) is 3.75. The number of hydrogen-bond acceptors (Lipinski definition) is 3. The molecule has 32 heavy (non-hydrogen) atoms. The van der Waals surface area contributed by atoms with Crippen LogP contribution < -0.4 is 15.5 Å². The van der Waals surface area contributed by atoms with Crippen LogP contribution in [0.5, 0.6) is 5.75 Å². The number of carbonyl (C=O) groups is 2. The highest BCUT2D eigenvalue weighted by atomic mass is 35.5. The van der Waals surface area contributed by atoms with Crippen LogP contribution in [0.4, 0.5) is 0 Å². The number of hydrogen-bond donors (Lipinski definition) is 2. The molecule has 1 aliphatic heterocycles. The smallest absolute Gasteiger partial charge is 0.304 e. The number of carbonyl (C=O) groups excluding carboxylic acids is 2. The van der Waals surface area contributed by atoms with Gasteiger partial charge in [0.15, 0.2) is 6.04 Å². The normalized spacial score (nSPS) is 19.0. The molecule has 0 saturated carbocycles. The summed E-state index contributed by atoms with van der Waals surface area (Å²) in [6.07, 6.45) is 1.83. The van der Waals surface area contributed by atoms with Gasteiger partial charge < -0.3 is 10.1 Å². The third kappa shape index (κ3) is 4.65. The largest absolute Gasteiger partial charge is 0.497 e. The van der Waals surface area contributed by atoms with Gasteiger partial charge in [-0.25, -0.2) is 0 Å². The number of methoxy groups -OCH3 is 1. The molecule has 162 valence electrons. The van der Waals surface area contributed by atoms with E-state index in [2.05, 4.69) is 10.7 Å². The number of nitrogens with one attached hydrogen (secondary N) is 2. The van der Waals surface area contributed by atoms with Crippen molar-refractivity contribution in [2.24, 2.45) is 0 Å². The molecule has 1 heterocycles. The Balaban J connectivity index is 1.68. The summed E-state index contributed by atoms with van der Waals surface area (Å²) < 4.78 is 6.93. The second kappa shape index (κ2) is 9.24. The molecule has 0 aliphatic carbocycles. The van der Waals surface area contributed by atoms with Crippen LogP contribution in [0.3, 0.4) is 0 Å². The van der Waals surface area contributed by atoms with E-state index in [4.69, 9.17) is 16.3 Å². The molecule has 0 aromatic heterocycles. The third-order valence-corrected chi connectivity index (χ3v) is 5.61. The van der Waals surface area contributed by atoms with E-state index >= 15 is 0 Å². The van der Waals surface area contributed by atoms with Crippen molar-refractivity contribution in [1.82, 2.24) is 10.7 Å². The Hall–Kier alpha value is -3.64. The molecular formula is C25H23ClN3O3+. The standard InChI is InChI=1S/C25H22ClN3O3/c1-16-3-7-19(8-4-16)24(30)27-22-23(18-9-11-20(26)12-10-18)29(28-25(22)31)15-17-5-13-21(32-2)14-6-17/h3-15,22-23H,1-2H3,(H-,27,28,30,31)/p+1/b29-15-/t22-,23-/m1/s1. The second-order valence-electron chi connectivity index (χ2n) is 7.60. The molecule has 6 nitrogen and oxygen atoms in total. The molecule has 0 radical (unpaired) electrons. The predicted molar refractivity (Wildman–Crippen MR) is 123 cm³/mol. The Morgan fingerprint density at radius 1 is 1.03 bits per heavy atom. The first-order valence-electron chi connectivity index (χ1n) is 10.2. The van der Waals surface area contributed by atoms with Gasteiger partial charge in [0.2, 0.25) is 12.3 Å². The Kier molecular flexibility index (Phi) is 6.23. The molecule has 3 aromatic rings. The number of halogens is 1. The van der Waals surface area contributed by atoms with E-state index in [0.717, 1.165) is 22.4 Å². The molecule has 1 aliphatic rings. The number of nitrogens with zero attached hydrogens (tertiary/aromatic N) is 1. The summed E-state index contributed by atoms with van der Waals surface area (Å²) in [6, 6.07) is 20.7. The maximum absolute atomic E-state index is 12.9. The van der Waals surface area contributed by atoms with Gasteiger partial charge in [-0.05, 0) is 55.5 Å². The van der Waals surface area contributed by atoms with Crippen molar-refractivity contribution in [2.75, 3.05) is 7.11 Å². The molecule has 2 amide bonds. The number of hydrazine groups is 1. The first kappa shape index (κ1) is 21.6. The topological polar surface area (TPSA) is 70.4 Å². The minimum absolute atomic E-state index is 0.296. The highest BCUT2D eigenvalue weighted by Gasteiger charge is 2.47. The van der Waals surface area contributed by atoms with E-state index in [1.807, 2.05) is 61.7 Å². The van der Waals surface area contributed by atoms with E-state index in [1.165, 1.54) is 0 Å². The molecule has 2 atom stereocenters. The third-order valence-electron chi connectivity index (χ3n) is 5.35. The average molecular weight is 449 g/mol. The van der Waals surface area contributed by atoms with Crippen LogP contribution in [0.1, 0.15) is 33.1 Å². The molecule has 4 rings (SSSR count). The number of benzene rings is 3. The van der Waals surface area contributed by atoms with Gasteiger partial charge in [-0.3, -0.25) is 9.59 Å². The van der Waals surface area contributed by atoms with Crippen molar-refractivity contribution in [1.29, 1.82) is 0 Å². The Morgan fingerprint density at radius 2 is 1.69 bits per heavy atom. The van der Waals surface area contributed by atoms with Crippen molar-refractivity contribution in [2.45, 2.75) is 19.0 Å². The van der Waals surface area contributed by atoms with Crippen molar-refractivity contribution >= 4 is 29.6 Å². The maximum atomic E-state index is 12.9. The average Bonchev–Trinajstić information content (AvgIpc) is 3.09. The van der Waals surface area contributed by atoms with Gasteiger partial charge >= 0.3 is 5.91 Å². The summed E-state index contributed by atoms with van der Waals surface area (Å²) in [5.74, 6) is 0.135. The van der Waals surface area contributed by atoms with Crippen LogP contribution in [-0.2, 0) is 4.79 Å². The van der Waals surface area contributed by atoms with E-state index in [9.17, 15) is 9.59 Å². The van der Waals surface area contributed by atoms with Gasteiger partial charge in [-0.2, -0.15) is 0 Å². The van der Waals surface area contributed by atoms with Crippen molar-refractivity contribution in [3.05, 3.63) is 100 Å². The molecule has 7 heteroatoms. The minimum Gasteiger partial charge on any atom is -0.497 e. The van der Waals surface area contributed by atoms with E-state index in [0.29, 0.717) is 10.6 Å². The number of aryl methyl sites for hydroxylation is 1. The van der Waals surface area contributed by atoms with Gasteiger partial charge in [-0.15, -0.1) is 10.1 Å². The lowest BCUT2D eigenvalue weighted by Gasteiger charge is -2.15. The van der Waals surface area contributed by atoms with Crippen LogP contribution in [0, 0.1) is 6.92 Å². The van der Waals surface area contributed by atoms with Crippen molar-refractivity contribution in [3.8, 4) is 5.75 Å². The Bertz CT molecular complexity index is 1160. The number of rotatable bonds is 5. The van der Waals surface area contributed by atoms with E-state index in [-0.39, 0.29) is 11.8 Å². The molecule has 0 unspecified atom stereocenters. The fourth-order valence-electron chi connectivity index (χ4n) is 3.62. The van der Waals surface area contributed by atoms with Gasteiger partial charge in [0.25, 0.3) is 5.91 Å². The lowest BCUT2D eigenvalue weighted by Crippen LogP contribution is -2.42. The SMILES string of the molecule is COc1ccc(/C=[N+]2\NC(=O)[C@H](NC(=O)c3ccc(C)cc3)[C@H]2c2ccc(Cl)cc2)cc1. The van der Waals surface area contributed by atoms with Crippen LogP contribution in [0.25, 0.3) is 0 Å². The highest BCUT2D eigenvalue weighted by Crippen LogP contribution is 2.27. The zero-order chi connectivity index (χ0) is 22.7. The summed E-state index contributed by atoms with van der Waals surface area (Å²) >= 11 is 6.07. The van der Waals surface area contributed by atoms with Crippen LogP contribution >= 0.6 is 11.6 Å². The first-order valence-corrected chi connectivity index (χ1v) is 10.5. The van der Waals surface area contributed by atoms with Crippen LogP contribution in [0.2, 0.25) is 5.02 Å². The van der Waals surface area contributed by atoms with Crippen LogP contribution in [0.15, 0.2) is 72.8 Å². The molecule has 1 fully saturated rings. The Morgan fingerprint density at radius 3 is 2.31 bits per heavy atom. The monoisotopic (exact) mass is 448 g/mol. The molecule has 1 saturated heterocycles. The van der Waals surface area contributed by atoms with Crippen LogP contribution in [-0.4, -0.2) is 35.9 Å². The summed E-state index contributed by atoms with van der Waals surface area (Å²) in [4.78, 5) is 25.8. The van der Waals surface area contributed by atoms with E-state index in [1.54, 1.807) is 36.1 Å². The lowest BCUT2D eigenvalue weighted by molar-refractivity contribution is -0.596. The summed E-state index contributed by atoms with van der Waals surface area (Å²) in [5.41, 5.74) is 6.13. The van der Waals surface area contributed by atoms with Gasteiger partial charge in [0.1, 0.15) is 5.75 Å².